The van der Waals surface area contributed by atoms with Crippen LogP contribution in [0.25, 0.3) is 10.2 Å². The van der Waals surface area contributed by atoms with Crippen LogP contribution in [0.3, 0.4) is 0 Å². The van der Waals surface area contributed by atoms with Gasteiger partial charge in [0.15, 0.2) is 0 Å². The summed E-state index contributed by atoms with van der Waals surface area (Å²) in [6.45, 7) is 7.09. The summed E-state index contributed by atoms with van der Waals surface area (Å²) in [6, 6.07) is 5.94. The van der Waals surface area contributed by atoms with Gasteiger partial charge in [0.25, 0.3) is 5.91 Å². The molecule has 0 unspecified atom stereocenters. The van der Waals surface area contributed by atoms with E-state index in [4.69, 9.17) is 9.97 Å². The minimum atomic E-state index is 0.119. The Hall–Kier alpha value is -2.54. The highest BCUT2D eigenvalue weighted by atomic mass is 32.1. The van der Waals surface area contributed by atoms with Crippen molar-refractivity contribution in [3.8, 4) is 0 Å². The van der Waals surface area contributed by atoms with Crippen LogP contribution in [0.1, 0.15) is 45.5 Å². The van der Waals surface area contributed by atoms with E-state index in [1.54, 1.807) is 0 Å². The second-order valence-corrected chi connectivity index (χ2v) is 8.64. The summed E-state index contributed by atoms with van der Waals surface area (Å²) < 4.78 is 0. The maximum absolute atomic E-state index is 13.2. The summed E-state index contributed by atoms with van der Waals surface area (Å²) in [5.41, 5.74) is 2.02. The molecule has 3 aromatic heterocycles. The lowest BCUT2D eigenvalue weighted by Crippen LogP contribution is -2.49. The van der Waals surface area contributed by atoms with Crippen LogP contribution in [0.5, 0.6) is 0 Å². The van der Waals surface area contributed by atoms with Crippen LogP contribution in [-0.2, 0) is 0 Å². The lowest BCUT2D eigenvalue weighted by molar-refractivity contribution is 0.0751. The smallest absolute Gasteiger partial charge is 0.264 e. The molecule has 1 aliphatic heterocycles. The van der Waals surface area contributed by atoms with Crippen molar-refractivity contribution in [1.82, 2.24) is 19.9 Å². The first-order valence-electron chi connectivity index (χ1n) is 9.84. The van der Waals surface area contributed by atoms with Crippen LogP contribution in [0.4, 0.5) is 5.82 Å². The molecule has 5 rings (SSSR count). The second-order valence-electron chi connectivity index (χ2n) is 7.65. The van der Waals surface area contributed by atoms with E-state index >= 15 is 0 Å². The van der Waals surface area contributed by atoms with E-state index < -0.39 is 0 Å². The largest absolute Gasteiger partial charge is 0.353 e. The second kappa shape index (κ2) is 6.81. The fraction of sp³-hybridized carbons (Fsp3) is 0.429. The van der Waals surface area contributed by atoms with Crippen LogP contribution in [0.2, 0.25) is 0 Å². The standard InChI is InChI=1S/C21H23N5OS/c1-13-17-14(2)23-19(15-6-7-15)24-20(17)28-18(13)21(27)26-11-9-25(10-12-26)16-5-3-4-8-22-16/h3-5,8,15H,6-7,9-12H2,1-2H3. The highest BCUT2D eigenvalue weighted by Gasteiger charge is 2.30. The monoisotopic (exact) mass is 393 g/mol. The molecular formula is C21H23N5OS. The molecule has 1 aliphatic carbocycles. The zero-order chi connectivity index (χ0) is 19.3. The van der Waals surface area contributed by atoms with E-state index in [0.29, 0.717) is 19.0 Å². The third kappa shape index (κ3) is 3.03. The van der Waals surface area contributed by atoms with Gasteiger partial charge in [0, 0.05) is 43.7 Å². The molecule has 1 saturated heterocycles. The van der Waals surface area contributed by atoms with Gasteiger partial charge >= 0.3 is 0 Å². The quantitative estimate of drug-likeness (QED) is 0.681. The molecule has 2 aliphatic rings. The number of nitrogens with zero attached hydrogens (tertiary/aromatic N) is 5. The van der Waals surface area contributed by atoms with Crippen LogP contribution < -0.4 is 4.90 Å². The SMILES string of the molecule is Cc1nc(C2CC2)nc2sc(C(=O)N3CCN(c4ccccn4)CC3)c(C)c12. The van der Waals surface area contributed by atoms with Gasteiger partial charge in [0.2, 0.25) is 0 Å². The number of fused-ring (bicyclic) bond motifs is 1. The van der Waals surface area contributed by atoms with Crippen LogP contribution in [0.15, 0.2) is 24.4 Å². The van der Waals surface area contributed by atoms with Gasteiger partial charge in [0.1, 0.15) is 16.5 Å². The number of anilines is 1. The molecule has 2 fully saturated rings. The van der Waals surface area contributed by atoms with Crippen molar-refractivity contribution >= 4 is 33.3 Å². The topological polar surface area (TPSA) is 62.2 Å². The molecular weight excluding hydrogens is 370 g/mol. The molecule has 0 aromatic carbocycles. The summed E-state index contributed by atoms with van der Waals surface area (Å²) >= 11 is 1.53. The molecule has 7 heteroatoms. The highest BCUT2D eigenvalue weighted by molar-refractivity contribution is 7.20. The van der Waals surface area contributed by atoms with Crippen molar-refractivity contribution < 1.29 is 4.79 Å². The Balaban J connectivity index is 1.37. The minimum absolute atomic E-state index is 0.119. The number of carbonyl (C=O) groups excluding carboxylic acids is 1. The van der Waals surface area contributed by atoms with Gasteiger partial charge in [-0.3, -0.25) is 4.79 Å². The molecule has 0 radical (unpaired) electrons. The maximum Gasteiger partial charge on any atom is 0.264 e. The molecule has 4 heterocycles. The minimum Gasteiger partial charge on any atom is -0.353 e. The number of pyridine rings is 1. The lowest BCUT2D eigenvalue weighted by atomic mass is 10.1. The summed E-state index contributed by atoms with van der Waals surface area (Å²) in [6.07, 6.45) is 4.18. The first-order chi connectivity index (χ1) is 13.6. The van der Waals surface area contributed by atoms with Crippen molar-refractivity contribution in [3.05, 3.63) is 46.4 Å². The number of amides is 1. The zero-order valence-electron chi connectivity index (χ0n) is 16.2. The van der Waals surface area contributed by atoms with Crippen molar-refractivity contribution in [2.45, 2.75) is 32.6 Å². The van der Waals surface area contributed by atoms with Gasteiger partial charge in [-0.2, -0.15) is 0 Å². The van der Waals surface area contributed by atoms with E-state index in [1.807, 2.05) is 43.1 Å². The summed E-state index contributed by atoms with van der Waals surface area (Å²) in [7, 11) is 0. The van der Waals surface area contributed by atoms with Crippen molar-refractivity contribution in [2.24, 2.45) is 0 Å². The van der Waals surface area contributed by atoms with Crippen molar-refractivity contribution in [2.75, 3.05) is 31.1 Å². The predicted octanol–water partition coefficient (Wildman–Crippen LogP) is 3.54. The Bertz CT molecular complexity index is 1040. The van der Waals surface area contributed by atoms with Gasteiger partial charge in [0.05, 0.1) is 10.6 Å². The molecule has 28 heavy (non-hydrogen) atoms. The molecule has 1 amide bonds. The van der Waals surface area contributed by atoms with Gasteiger partial charge in [-0.15, -0.1) is 11.3 Å². The Morgan fingerprint density at radius 1 is 1.11 bits per heavy atom. The third-order valence-corrected chi connectivity index (χ3v) is 6.84. The molecule has 3 aromatic rings. The predicted molar refractivity (Wildman–Crippen MR) is 111 cm³/mol. The Morgan fingerprint density at radius 2 is 1.89 bits per heavy atom. The summed E-state index contributed by atoms with van der Waals surface area (Å²) in [4.78, 5) is 33.1. The number of hydrogen-bond donors (Lipinski definition) is 0. The first-order valence-corrected chi connectivity index (χ1v) is 10.7. The number of piperazine rings is 1. The maximum atomic E-state index is 13.2. The van der Waals surface area contributed by atoms with Crippen molar-refractivity contribution in [1.29, 1.82) is 0 Å². The van der Waals surface area contributed by atoms with E-state index in [9.17, 15) is 4.79 Å². The first kappa shape index (κ1) is 17.6. The fourth-order valence-corrected chi connectivity index (χ4v) is 5.12. The van der Waals surface area contributed by atoms with E-state index in [2.05, 4.69) is 9.88 Å². The lowest BCUT2D eigenvalue weighted by Gasteiger charge is -2.35. The molecule has 0 bridgehead atoms. The molecule has 1 saturated carbocycles. The van der Waals surface area contributed by atoms with Crippen LogP contribution in [0, 0.1) is 13.8 Å². The molecule has 0 atom stereocenters. The number of aromatic nitrogens is 3. The molecule has 0 N–H and O–H groups in total. The van der Waals surface area contributed by atoms with Crippen LogP contribution in [-0.4, -0.2) is 51.9 Å². The number of aryl methyl sites for hydroxylation is 2. The van der Waals surface area contributed by atoms with E-state index in [0.717, 1.165) is 51.1 Å². The molecule has 144 valence electrons. The van der Waals surface area contributed by atoms with Gasteiger partial charge in [-0.1, -0.05) is 6.07 Å². The number of thiophene rings is 1. The normalized spacial score (nSPS) is 17.4. The van der Waals surface area contributed by atoms with E-state index in [1.165, 1.54) is 24.2 Å². The fourth-order valence-electron chi connectivity index (χ4n) is 3.91. The average molecular weight is 394 g/mol. The third-order valence-electron chi connectivity index (χ3n) is 5.67. The Morgan fingerprint density at radius 3 is 2.57 bits per heavy atom. The van der Waals surface area contributed by atoms with Crippen molar-refractivity contribution in [3.63, 3.8) is 0 Å². The number of rotatable bonds is 3. The Kier molecular flexibility index (Phi) is 4.27. The van der Waals surface area contributed by atoms with Gasteiger partial charge in [-0.25, -0.2) is 15.0 Å². The summed E-state index contributed by atoms with van der Waals surface area (Å²) in [5, 5.41) is 1.06. The van der Waals surface area contributed by atoms with Gasteiger partial charge < -0.3 is 9.80 Å². The number of hydrogen-bond acceptors (Lipinski definition) is 6. The molecule has 0 spiro atoms. The molecule has 6 nitrogen and oxygen atoms in total. The summed E-state index contributed by atoms with van der Waals surface area (Å²) in [5.74, 6) is 2.57. The number of carbonyl (C=O) groups is 1. The van der Waals surface area contributed by atoms with E-state index in [-0.39, 0.29) is 5.91 Å². The highest BCUT2D eigenvalue weighted by Crippen LogP contribution is 2.40. The average Bonchev–Trinajstić information content (AvgIpc) is 3.52. The zero-order valence-corrected chi connectivity index (χ0v) is 17.0. The Labute approximate surface area is 168 Å². The van der Waals surface area contributed by atoms with Crippen LogP contribution >= 0.6 is 11.3 Å². The van der Waals surface area contributed by atoms with Gasteiger partial charge in [-0.05, 0) is 44.4 Å².